The van der Waals surface area contributed by atoms with Gasteiger partial charge in [-0.3, -0.25) is 18.6 Å². The molecule has 0 aromatic carbocycles. The molecule has 0 aromatic rings. The molecule has 0 heterocycles. The van der Waals surface area contributed by atoms with Crippen LogP contribution < -0.4 is 0 Å². The van der Waals surface area contributed by atoms with E-state index in [2.05, 4.69) is 50.3 Å². The Balaban J connectivity index is 3.86. The second-order valence-corrected chi connectivity index (χ2v) is 16.8. The van der Waals surface area contributed by atoms with Gasteiger partial charge in [0.05, 0.1) is 26.4 Å². The number of carbonyl (C=O) groups excluding carboxylic acids is 2. The summed E-state index contributed by atoms with van der Waals surface area (Å²) >= 11 is 0. The fraction of sp³-hybridized carbons (Fsp3) is 0.826. The van der Waals surface area contributed by atoms with Crippen LogP contribution in [0.5, 0.6) is 0 Å². The molecule has 57 heavy (non-hydrogen) atoms. The Bertz CT molecular complexity index is 1050. The van der Waals surface area contributed by atoms with Gasteiger partial charge in [0, 0.05) is 12.8 Å². The van der Waals surface area contributed by atoms with Gasteiger partial charge in [-0.1, -0.05) is 185 Å². The van der Waals surface area contributed by atoms with Gasteiger partial charge in [0.1, 0.15) is 12.2 Å². The Kier molecular flexibility index (Phi) is 41.0. The average Bonchev–Trinajstić information content (AvgIpc) is 3.20. The first-order chi connectivity index (χ1) is 27.8. The molecule has 3 unspecified atom stereocenters. The van der Waals surface area contributed by atoms with Gasteiger partial charge in [-0.25, -0.2) is 4.57 Å². The van der Waals surface area contributed by atoms with Gasteiger partial charge < -0.3 is 24.6 Å². The zero-order valence-corrected chi connectivity index (χ0v) is 37.2. The van der Waals surface area contributed by atoms with Crippen molar-refractivity contribution in [2.45, 2.75) is 219 Å². The summed E-state index contributed by atoms with van der Waals surface area (Å²) in [6, 6.07) is 0. The number of allylic oxidation sites excluding steroid dienone is 6. The van der Waals surface area contributed by atoms with Crippen LogP contribution in [-0.4, -0.2) is 65.7 Å². The van der Waals surface area contributed by atoms with Gasteiger partial charge in [0.2, 0.25) is 0 Å². The molecule has 3 N–H and O–H groups in total. The lowest BCUT2D eigenvalue weighted by atomic mass is 10.0. The summed E-state index contributed by atoms with van der Waals surface area (Å²) in [7, 11) is -4.64. The number of hydrogen-bond donors (Lipinski definition) is 3. The molecule has 0 rings (SSSR count). The summed E-state index contributed by atoms with van der Waals surface area (Å²) in [5, 5.41) is 19.2. The summed E-state index contributed by atoms with van der Waals surface area (Å²) in [4.78, 5) is 34.5. The molecule has 0 aromatic heterocycles. The molecule has 0 aliphatic carbocycles. The number of rotatable bonds is 43. The maximum Gasteiger partial charge on any atom is 0.472 e. The molecule has 0 radical (unpaired) electrons. The highest BCUT2D eigenvalue weighted by molar-refractivity contribution is 7.47. The van der Waals surface area contributed by atoms with Crippen molar-refractivity contribution in [3.05, 3.63) is 36.5 Å². The molecular formula is C46H85O10P. The van der Waals surface area contributed by atoms with Gasteiger partial charge in [-0.05, 0) is 44.9 Å². The zero-order chi connectivity index (χ0) is 41.9. The molecule has 0 fully saturated rings. The number of phosphoric acid groups is 1. The van der Waals surface area contributed by atoms with Crippen molar-refractivity contribution in [1.29, 1.82) is 0 Å². The summed E-state index contributed by atoms with van der Waals surface area (Å²) < 4.78 is 32.6. The van der Waals surface area contributed by atoms with E-state index in [1.165, 1.54) is 109 Å². The van der Waals surface area contributed by atoms with E-state index in [9.17, 15) is 29.3 Å². The molecule has 0 amide bonds. The second kappa shape index (κ2) is 42.3. The van der Waals surface area contributed by atoms with Gasteiger partial charge in [0.25, 0.3) is 0 Å². The van der Waals surface area contributed by atoms with Crippen molar-refractivity contribution < 1.29 is 47.8 Å². The Hall–Kier alpha value is -1.81. The Morgan fingerprint density at radius 2 is 0.825 bits per heavy atom. The van der Waals surface area contributed by atoms with E-state index < -0.39 is 58.4 Å². The number of esters is 2. The molecule has 0 aliphatic heterocycles. The molecule has 0 spiro atoms. The highest BCUT2D eigenvalue weighted by Crippen LogP contribution is 2.43. The van der Waals surface area contributed by atoms with E-state index in [1.54, 1.807) is 0 Å². The lowest BCUT2D eigenvalue weighted by molar-refractivity contribution is -0.153. The van der Waals surface area contributed by atoms with Crippen molar-refractivity contribution in [2.75, 3.05) is 26.4 Å². The predicted octanol–water partition coefficient (Wildman–Crippen LogP) is 12.3. The van der Waals surface area contributed by atoms with E-state index in [0.29, 0.717) is 12.8 Å². The molecule has 0 aliphatic rings. The van der Waals surface area contributed by atoms with Crippen LogP contribution in [0.2, 0.25) is 0 Å². The Morgan fingerprint density at radius 1 is 0.491 bits per heavy atom. The average molecular weight is 829 g/mol. The number of phosphoric ester groups is 1. The standard InChI is InChI=1S/C46H85O10P/c1-3-5-7-9-11-13-15-17-18-19-20-21-22-23-24-26-28-30-32-34-36-38-46(50)56-44(40-48)42-54-57(51,52)53-41-43(39-47)55-45(49)37-35-33-31-29-27-25-16-14-12-10-8-6-4-2/h6,8,12,14,25,27,43-44,47-48H,3-5,7,9-11,13,15-24,26,28-42H2,1-2H3,(H,51,52)/b8-6-,14-12-,27-25-. The quantitative estimate of drug-likeness (QED) is 0.0235. The largest absolute Gasteiger partial charge is 0.472 e. The van der Waals surface area contributed by atoms with Crippen molar-refractivity contribution in [3.63, 3.8) is 0 Å². The van der Waals surface area contributed by atoms with Crippen LogP contribution in [0.3, 0.4) is 0 Å². The maximum absolute atomic E-state index is 12.4. The third-order valence-corrected chi connectivity index (χ3v) is 10.8. The number of aliphatic hydroxyl groups is 2. The van der Waals surface area contributed by atoms with Crippen LogP contribution in [0.4, 0.5) is 0 Å². The van der Waals surface area contributed by atoms with E-state index in [0.717, 1.165) is 57.8 Å². The molecule has 0 saturated heterocycles. The maximum atomic E-state index is 12.4. The van der Waals surface area contributed by atoms with Crippen LogP contribution in [0, 0.1) is 0 Å². The number of carbonyl (C=O) groups is 2. The number of unbranched alkanes of at least 4 members (excludes halogenated alkanes) is 23. The third-order valence-electron chi connectivity index (χ3n) is 9.87. The van der Waals surface area contributed by atoms with Gasteiger partial charge in [-0.2, -0.15) is 0 Å². The number of ether oxygens (including phenoxy) is 2. The van der Waals surface area contributed by atoms with Crippen LogP contribution >= 0.6 is 7.82 Å². The fourth-order valence-corrected chi connectivity index (χ4v) is 7.15. The molecule has 0 saturated carbocycles. The zero-order valence-electron chi connectivity index (χ0n) is 36.3. The number of aliphatic hydroxyl groups excluding tert-OH is 2. The van der Waals surface area contributed by atoms with Crippen LogP contribution in [0.25, 0.3) is 0 Å². The van der Waals surface area contributed by atoms with E-state index in [-0.39, 0.29) is 12.8 Å². The van der Waals surface area contributed by atoms with E-state index in [4.69, 9.17) is 18.5 Å². The second-order valence-electron chi connectivity index (χ2n) is 15.4. The number of hydrogen-bond acceptors (Lipinski definition) is 9. The van der Waals surface area contributed by atoms with Crippen molar-refractivity contribution in [1.82, 2.24) is 0 Å². The normalized spacial score (nSPS) is 14.1. The molecule has 10 nitrogen and oxygen atoms in total. The van der Waals surface area contributed by atoms with Crippen molar-refractivity contribution >= 4 is 19.8 Å². The molecule has 334 valence electrons. The minimum absolute atomic E-state index is 0.157. The smallest absolute Gasteiger partial charge is 0.457 e. The van der Waals surface area contributed by atoms with E-state index in [1.807, 2.05) is 0 Å². The van der Waals surface area contributed by atoms with Crippen LogP contribution in [0.15, 0.2) is 36.5 Å². The Labute approximate surface area is 348 Å². The highest BCUT2D eigenvalue weighted by atomic mass is 31.2. The summed E-state index contributed by atoms with van der Waals surface area (Å²) in [5.41, 5.74) is 0. The molecule has 0 bridgehead atoms. The monoisotopic (exact) mass is 829 g/mol. The summed E-state index contributed by atoms with van der Waals surface area (Å²) in [6.07, 6.45) is 44.2. The highest BCUT2D eigenvalue weighted by Gasteiger charge is 2.27. The SMILES string of the molecule is CC/C=C\C/C=C\C/C=C\CCCCCC(=O)OC(CO)COP(=O)(O)OCC(CO)OC(=O)CCCCCCCCCCCCCCCCCCCCCCC. The van der Waals surface area contributed by atoms with Crippen molar-refractivity contribution in [3.8, 4) is 0 Å². The predicted molar refractivity (Wildman–Crippen MR) is 233 cm³/mol. The van der Waals surface area contributed by atoms with Gasteiger partial charge >= 0.3 is 19.8 Å². The van der Waals surface area contributed by atoms with Gasteiger partial charge in [-0.15, -0.1) is 0 Å². The molecule has 3 atom stereocenters. The minimum atomic E-state index is -4.64. The first-order valence-electron chi connectivity index (χ1n) is 22.9. The van der Waals surface area contributed by atoms with Crippen LogP contribution in [0.1, 0.15) is 206 Å². The van der Waals surface area contributed by atoms with E-state index >= 15 is 0 Å². The lowest BCUT2D eigenvalue weighted by Crippen LogP contribution is -2.28. The lowest BCUT2D eigenvalue weighted by Gasteiger charge is -2.20. The topological polar surface area (TPSA) is 149 Å². The first-order valence-corrected chi connectivity index (χ1v) is 24.4. The van der Waals surface area contributed by atoms with Crippen molar-refractivity contribution in [2.24, 2.45) is 0 Å². The minimum Gasteiger partial charge on any atom is -0.457 e. The first kappa shape index (κ1) is 55.2. The fourth-order valence-electron chi connectivity index (χ4n) is 6.37. The van der Waals surface area contributed by atoms with Gasteiger partial charge in [0.15, 0.2) is 0 Å². The summed E-state index contributed by atoms with van der Waals surface area (Å²) in [5.74, 6) is -1.04. The Morgan fingerprint density at radius 3 is 1.19 bits per heavy atom. The molecule has 11 heteroatoms. The molecular weight excluding hydrogens is 743 g/mol. The third kappa shape index (κ3) is 40.7. The summed E-state index contributed by atoms with van der Waals surface area (Å²) in [6.45, 7) is 2.08. The van der Waals surface area contributed by atoms with Crippen LogP contribution in [-0.2, 0) is 32.7 Å².